The molecule has 0 aromatic heterocycles. The van der Waals surface area contributed by atoms with E-state index in [1.54, 1.807) is 18.2 Å². The largest absolute Gasteiger partial charge is 0.455 e. The molecule has 5 heteroatoms. The lowest BCUT2D eigenvalue weighted by atomic mass is 10.1. The van der Waals surface area contributed by atoms with Crippen molar-refractivity contribution in [3.63, 3.8) is 0 Å². The third kappa shape index (κ3) is 5.69. The van der Waals surface area contributed by atoms with Crippen LogP contribution in [0.25, 0.3) is 6.08 Å². The second kappa shape index (κ2) is 7.47. The van der Waals surface area contributed by atoms with Crippen LogP contribution in [0.2, 0.25) is 0 Å². The number of halogens is 3. The summed E-state index contributed by atoms with van der Waals surface area (Å²) in [5, 5.41) is 0. The van der Waals surface area contributed by atoms with Crippen LogP contribution in [-0.2, 0) is 15.7 Å². The molecule has 0 amide bonds. The van der Waals surface area contributed by atoms with Crippen molar-refractivity contribution in [1.82, 2.24) is 0 Å². The predicted molar refractivity (Wildman–Crippen MR) is 75.4 cm³/mol. The van der Waals surface area contributed by atoms with Crippen molar-refractivity contribution in [2.24, 2.45) is 0 Å². The molecular weight excluding hydrogens is 281 g/mol. The van der Waals surface area contributed by atoms with Crippen LogP contribution in [0.4, 0.5) is 13.2 Å². The Kier molecular flexibility index (Phi) is 5.96. The van der Waals surface area contributed by atoms with E-state index in [-0.39, 0.29) is 0 Å². The number of esters is 1. The Labute approximate surface area is 121 Å². The van der Waals surface area contributed by atoms with Gasteiger partial charge in [0, 0.05) is 12.5 Å². The molecule has 0 radical (unpaired) electrons. The maximum atomic E-state index is 12.4. The average molecular weight is 296 g/mol. The van der Waals surface area contributed by atoms with Gasteiger partial charge in [0.15, 0.2) is 0 Å². The molecule has 0 aliphatic carbocycles. The van der Waals surface area contributed by atoms with Gasteiger partial charge in [0.1, 0.15) is 6.10 Å². The highest BCUT2D eigenvalue weighted by Gasteiger charge is 2.29. The van der Waals surface area contributed by atoms with Crippen molar-refractivity contribution in [3.05, 3.63) is 66.8 Å². The summed E-state index contributed by atoms with van der Waals surface area (Å²) in [4.78, 5) is 11.1. The molecule has 0 aliphatic rings. The zero-order valence-electron chi connectivity index (χ0n) is 11.3. The maximum absolute atomic E-state index is 12.4. The summed E-state index contributed by atoms with van der Waals surface area (Å²) in [5.74, 6) is -0.570. The minimum Gasteiger partial charge on any atom is -0.455 e. The molecule has 1 rings (SSSR count). The number of rotatable bonds is 6. The van der Waals surface area contributed by atoms with Gasteiger partial charge in [0.25, 0.3) is 0 Å². The quantitative estimate of drug-likeness (QED) is 0.442. The lowest BCUT2D eigenvalue weighted by Gasteiger charge is -2.10. The van der Waals surface area contributed by atoms with Crippen LogP contribution in [-0.4, -0.2) is 12.1 Å². The van der Waals surface area contributed by atoms with Gasteiger partial charge in [-0.3, -0.25) is 0 Å². The normalized spacial score (nSPS) is 12.9. The topological polar surface area (TPSA) is 26.3 Å². The Bertz CT molecular complexity index is 527. The van der Waals surface area contributed by atoms with E-state index in [9.17, 15) is 18.0 Å². The number of ether oxygens (including phenoxy) is 1. The first-order valence-electron chi connectivity index (χ1n) is 6.16. The molecule has 0 saturated heterocycles. The summed E-state index contributed by atoms with van der Waals surface area (Å²) in [7, 11) is 0. The lowest BCUT2D eigenvalue weighted by molar-refractivity contribution is -0.140. The molecule has 2 nitrogen and oxygen atoms in total. The minimum absolute atomic E-state index is 0.400. The average Bonchev–Trinajstić information content (AvgIpc) is 2.44. The molecule has 0 N–H and O–H groups in total. The Morgan fingerprint density at radius 3 is 2.33 bits per heavy atom. The zero-order chi connectivity index (χ0) is 15.9. The summed E-state index contributed by atoms with van der Waals surface area (Å²) >= 11 is 0. The van der Waals surface area contributed by atoms with E-state index in [2.05, 4.69) is 13.2 Å². The summed E-state index contributed by atoms with van der Waals surface area (Å²) in [5.41, 5.74) is -0.132. The monoisotopic (exact) mass is 296 g/mol. The Hall–Kier alpha value is -2.30. The summed E-state index contributed by atoms with van der Waals surface area (Å²) in [6, 6.07) is 4.69. The standard InChI is InChI=1S/C16H15F3O2/c1-3-5-14(21-15(20)4-2)11-8-12-6-9-13(10-7-12)16(17,18)19/h3-4,6-11,14H,1-2,5H2/b11-8+. The molecule has 0 fully saturated rings. The Morgan fingerprint density at radius 2 is 1.86 bits per heavy atom. The fourth-order valence-electron chi connectivity index (χ4n) is 1.53. The van der Waals surface area contributed by atoms with Gasteiger partial charge in [-0.25, -0.2) is 4.79 Å². The molecule has 1 atom stereocenters. The fraction of sp³-hybridized carbons (Fsp3) is 0.188. The van der Waals surface area contributed by atoms with Gasteiger partial charge in [-0.05, 0) is 23.8 Å². The maximum Gasteiger partial charge on any atom is 0.416 e. The number of hydrogen-bond donors (Lipinski definition) is 0. The lowest BCUT2D eigenvalue weighted by Crippen LogP contribution is -2.13. The first-order valence-corrected chi connectivity index (χ1v) is 6.16. The van der Waals surface area contributed by atoms with Gasteiger partial charge in [0.05, 0.1) is 5.56 Å². The molecular formula is C16H15F3O2. The summed E-state index contributed by atoms with van der Waals surface area (Å²) < 4.78 is 42.3. The van der Waals surface area contributed by atoms with Crippen LogP contribution in [0, 0.1) is 0 Å². The Balaban J connectivity index is 2.78. The van der Waals surface area contributed by atoms with Crippen molar-refractivity contribution < 1.29 is 22.7 Å². The molecule has 1 unspecified atom stereocenters. The number of alkyl halides is 3. The van der Waals surface area contributed by atoms with Crippen LogP contribution in [0.15, 0.2) is 55.7 Å². The number of benzene rings is 1. The highest BCUT2D eigenvalue weighted by Crippen LogP contribution is 2.29. The molecule has 21 heavy (non-hydrogen) atoms. The van der Waals surface area contributed by atoms with Crippen LogP contribution < -0.4 is 0 Å². The van der Waals surface area contributed by atoms with E-state index in [1.807, 2.05) is 0 Å². The van der Waals surface area contributed by atoms with Crippen molar-refractivity contribution in [2.45, 2.75) is 18.7 Å². The van der Waals surface area contributed by atoms with Crippen molar-refractivity contribution in [2.75, 3.05) is 0 Å². The molecule has 0 heterocycles. The number of carbonyl (C=O) groups excluding carboxylic acids is 1. The van der Waals surface area contributed by atoms with Crippen LogP contribution in [0.3, 0.4) is 0 Å². The smallest absolute Gasteiger partial charge is 0.416 e. The molecule has 112 valence electrons. The van der Waals surface area contributed by atoms with E-state index < -0.39 is 23.8 Å². The van der Waals surface area contributed by atoms with Gasteiger partial charge in [-0.2, -0.15) is 13.2 Å². The molecule has 1 aromatic rings. The highest BCUT2D eigenvalue weighted by molar-refractivity contribution is 5.81. The van der Waals surface area contributed by atoms with E-state index in [0.29, 0.717) is 12.0 Å². The van der Waals surface area contributed by atoms with Crippen LogP contribution in [0.5, 0.6) is 0 Å². The summed E-state index contributed by atoms with van der Waals surface area (Å²) in [6.45, 7) is 6.84. The minimum atomic E-state index is -4.35. The second-order valence-corrected chi connectivity index (χ2v) is 4.18. The number of carbonyl (C=O) groups is 1. The van der Waals surface area contributed by atoms with Gasteiger partial charge in [-0.15, -0.1) is 6.58 Å². The second-order valence-electron chi connectivity index (χ2n) is 4.18. The highest BCUT2D eigenvalue weighted by atomic mass is 19.4. The number of hydrogen-bond acceptors (Lipinski definition) is 2. The molecule has 1 aromatic carbocycles. The first kappa shape index (κ1) is 16.8. The third-order valence-corrected chi connectivity index (χ3v) is 2.57. The van der Waals surface area contributed by atoms with E-state index >= 15 is 0 Å². The molecule has 0 spiro atoms. The van der Waals surface area contributed by atoms with Crippen LogP contribution in [0.1, 0.15) is 17.5 Å². The van der Waals surface area contributed by atoms with Gasteiger partial charge < -0.3 is 4.74 Å². The van der Waals surface area contributed by atoms with Crippen molar-refractivity contribution in [1.29, 1.82) is 0 Å². The van der Waals surface area contributed by atoms with E-state index in [1.165, 1.54) is 12.1 Å². The zero-order valence-corrected chi connectivity index (χ0v) is 11.3. The summed E-state index contributed by atoms with van der Waals surface area (Å²) in [6.07, 6.45) is 1.32. The van der Waals surface area contributed by atoms with Gasteiger partial charge in [-0.1, -0.05) is 30.9 Å². The van der Waals surface area contributed by atoms with Crippen LogP contribution >= 0.6 is 0 Å². The van der Waals surface area contributed by atoms with Crippen molar-refractivity contribution in [3.8, 4) is 0 Å². The van der Waals surface area contributed by atoms with E-state index in [4.69, 9.17) is 4.74 Å². The molecule has 0 aliphatic heterocycles. The third-order valence-electron chi connectivity index (χ3n) is 2.57. The SMILES string of the molecule is C=CCC(/C=C/c1ccc(C(F)(F)F)cc1)OC(=O)C=C. The van der Waals surface area contributed by atoms with Gasteiger partial charge >= 0.3 is 12.1 Å². The molecule has 0 bridgehead atoms. The Morgan fingerprint density at radius 1 is 1.24 bits per heavy atom. The predicted octanol–water partition coefficient (Wildman–Crippen LogP) is 4.39. The van der Waals surface area contributed by atoms with Crippen molar-refractivity contribution >= 4 is 12.0 Å². The van der Waals surface area contributed by atoms with E-state index in [0.717, 1.165) is 18.2 Å². The van der Waals surface area contributed by atoms with Gasteiger partial charge in [0.2, 0.25) is 0 Å². The first-order chi connectivity index (χ1) is 9.86. The molecule has 0 saturated carbocycles. The fourth-order valence-corrected chi connectivity index (χ4v) is 1.53.